The molecule has 1 amide bonds. The number of benzene rings is 1. The van der Waals surface area contributed by atoms with Gasteiger partial charge in [-0.15, -0.1) is 0 Å². The summed E-state index contributed by atoms with van der Waals surface area (Å²) in [6.45, 7) is 6.98. The first-order valence-electron chi connectivity index (χ1n) is 7.68. The van der Waals surface area contributed by atoms with Gasteiger partial charge < -0.3 is 15.4 Å². The van der Waals surface area contributed by atoms with Gasteiger partial charge in [-0.05, 0) is 36.3 Å². The molecule has 21 heavy (non-hydrogen) atoms. The number of nitrogens with two attached hydrogens (primary N) is 1. The highest BCUT2D eigenvalue weighted by Gasteiger charge is 2.33. The van der Waals surface area contributed by atoms with Gasteiger partial charge in [0.25, 0.3) is 0 Å². The van der Waals surface area contributed by atoms with Crippen LogP contribution in [0.1, 0.15) is 32.3 Å². The van der Waals surface area contributed by atoms with Gasteiger partial charge in [0.15, 0.2) is 0 Å². The van der Waals surface area contributed by atoms with Gasteiger partial charge in [-0.3, -0.25) is 0 Å². The molecule has 4 nitrogen and oxygen atoms in total. The van der Waals surface area contributed by atoms with Crippen LogP contribution in [0, 0.1) is 11.3 Å². The van der Waals surface area contributed by atoms with Crippen LogP contribution in [0.15, 0.2) is 30.3 Å². The molecule has 0 spiro atoms. The topological polar surface area (TPSA) is 55.6 Å². The molecule has 0 aromatic heterocycles. The lowest BCUT2D eigenvalue weighted by atomic mass is 9.74. The normalized spacial score (nSPS) is 16.8. The number of carbonyl (C=O) groups is 1. The minimum atomic E-state index is -0.206. The average Bonchev–Trinajstić information content (AvgIpc) is 2.53. The number of ether oxygens (including phenoxy) is 1. The van der Waals surface area contributed by atoms with E-state index in [0.717, 1.165) is 31.5 Å². The van der Waals surface area contributed by atoms with Crippen molar-refractivity contribution >= 4 is 6.09 Å². The Kier molecular flexibility index (Phi) is 5.23. The maximum absolute atomic E-state index is 12.1. The fourth-order valence-electron chi connectivity index (χ4n) is 2.82. The van der Waals surface area contributed by atoms with Crippen molar-refractivity contribution in [1.29, 1.82) is 0 Å². The summed E-state index contributed by atoms with van der Waals surface area (Å²) in [5.41, 5.74) is 7.01. The SMILES string of the molecule is CC(C)(CN)C1CCN(C(=O)OCc2ccccc2)CC1. The maximum Gasteiger partial charge on any atom is 0.410 e. The Labute approximate surface area is 127 Å². The lowest BCUT2D eigenvalue weighted by molar-refractivity contribution is 0.0645. The molecular weight excluding hydrogens is 264 g/mol. The molecule has 0 radical (unpaired) electrons. The summed E-state index contributed by atoms with van der Waals surface area (Å²) in [4.78, 5) is 13.9. The number of likely N-dealkylation sites (tertiary alicyclic amines) is 1. The molecule has 1 fully saturated rings. The quantitative estimate of drug-likeness (QED) is 0.927. The van der Waals surface area contributed by atoms with E-state index in [1.54, 1.807) is 0 Å². The van der Waals surface area contributed by atoms with Crippen LogP contribution in [0.2, 0.25) is 0 Å². The average molecular weight is 290 g/mol. The molecule has 1 heterocycles. The Morgan fingerprint density at radius 3 is 2.48 bits per heavy atom. The van der Waals surface area contributed by atoms with E-state index in [1.807, 2.05) is 35.2 Å². The second-order valence-electron chi connectivity index (χ2n) is 6.49. The Hall–Kier alpha value is -1.55. The van der Waals surface area contributed by atoms with Crippen LogP contribution in [-0.2, 0) is 11.3 Å². The third kappa shape index (κ3) is 4.21. The van der Waals surface area contributed by atoms with Crippen LogP contribution in [-0.4, -0.2) is 30.6 Å². The summed E-state index contributed by atoms with van der Waals surface area (Å²) in [5, 5.41) is 0. The second-order valence-corrected chi connectivity index (χ2v) is 6.49. The fraction of sp³-hybridized carbons (Fsp3) is 0.588. The van der Waals surface area contributed by atoms with Crippen molar-refractivity contribution in [2.75, 3.05) is 19.6 Å². The van der Waals surface area contributed by atoms with Gasteiger partial charge in [0, 0.05) is 13.1 Å². The molecule has 116 valence electrons. The first kappa shape index (κ1) is 15.8. The first-order chi connectivity index (χ1) is 10.0. The van der Waals surface area contributed by atoms with Gasteiger partial charge in [0.2, 0.25) is 0 Å². The summed E-state index contributed by atoms with van der Waals surface area (Å²) in [6, 6.07) is 9.77. The van der Waals surface area contributed by atoms with Crippen LogP contribution in [0.25, 0.3) is 0 Å². The number of carbonyl (C=O) groups excluding carboxylic acids is 1. The summed E-state index contributed by atoms with van der Waals surface area (Å²) < 4.78 is 5.38. The van der Waals surface area contributed by atoms with Crippen LogP contribution >= 0.6 is 0 Å². The van der Waals surface area contributed by atoms with Crippen molar-refractivity contribution in [3.05, 3.63) is 35.9 Å². The van der Waals surface area contributed by atoms with Gasteiger partial charge in [0.1, 0.15) is 6.61 Å². The molecule has 0 bridgehead atoms. The van der Waals surface area contributed by atoms with Gasteiger partial charge in [-0.2, -0.15) is 0 Å². The second kappa shape index (κ2) is 6.94. The summed E-state index contributed by atoms with van der Waals surface area (Å²) in [5.74, 6) is 0.584. The molecule has 1 aliphatic heterocycles. The zero-order valence-electron chi connectivity index (χ0n) is 13.0. The van der Waals surface area contributed by atoms with Gasteiger partial charge in [-0.1, -0.05) is 44.2 Å². The van der Waals surface area contributed by atoms with E-state index >= 15 is 0 Å². The zero-order chi connectivity index (χ0) is 15.3. The predicted octanol–water partition coefficient (Wildman–Crippen LogP) is 3.02. The highest BCUT2D eigenvalue weighted by Crippen LogP contribution is 2.34. The van der Waals surface area contributed by atoms with Crippen molar-refractivity contribution in [2.24, 2.45) is 17.1 Å². The molecule has 1 saturated heterocycles. The van der Waals surface area contributed by atoms with E-state index in [-0.39, 0.29) is 11.5 Å². The molecule has 0 saturated carbocycles. The van der Waals surface area contributed by atoms with Crippen molar-refractivity contribution in [1.82, 2.24) is 4.90 Å². The van der Waals surface area contributed by atoms with Crippen molar-refractivity contribution in [3.8, 4) is 0 Å². The maximum atomic E-state index is 12.1. The lowest BCUT2D eigenvalue weighted by Crippen LogP contribution is -2.44. The fourth-order valence-corrected chi connectivity index (χ4v) is 2.82. The van der Waals surface area contributed by atoms with Gasteiger partial charge in [0.05, 0.1) is 0 Å². The molecule has 1 aromatic carbocycles. The molecule has 2 N–H and O–H groups in total. The summed E-state index contributed by atoms with van der Waals surface area (Å²) in [6.07, 6.45) is 1.80. The predicted molar refractivity (Wildman–Crippen MR) is 83.8 cm³/mol. The van der Waals surface area contributed by atoms with Crippen molar-refractivity contribution in [2.45, 2.75) is 33.3 Å². The number of hydrogen-bond acceptors (Lipinski definition) is 3. The Balaban J connectivity index is 1.78. The van der Waals surface area contributed by atoms with E-state index in [1.165, 1.54) is 0 Å². The molecule has 2 rings (SSSR count). The standard InChI is InChI=1S/C17H26N2O2/c1-17(2,13-18)15-8-10-19(11-9-15)16(20)21-12-14-6-4-3-5-7-14/h3-7,15H,8-13,18H2,1-2H3. The minimum absolute atomic E-state index is 0.153. The molecule has 0 unspecified atom stereocenters. The largest absolute Gasteiger partial charge is 0.445 e. The van der Waals surface area contributed by atoms with Crippen molar-refractivity contribution in [3.63, 3.8) is 0 Å². The van der Waals surface area contributed by atoms with E-state index in [0.29, 0.717) is 19.1 Å². The number of hydrogen-bond donors (Lipinski definition) is 1. The Morgan fingerprint density at radius 2 is 1.90 bits per heavy atom. The highest BCUT2D eigenvalue weighted by atomic mass is 16.6. The number of nitrogens with zero attached hydrogens (tertiary/aromatic N) is 1. The lowest BCUT2D eigenvalue weighted by Gasteiger charge is -2.39. The van der Waals surface area contributed by atoms with Crippen LogP contribution in [0.4, 0.5) is 4.79 Å². The van der Waals surface area contributed by atoms with E-state index in [2.05, 4.69) is 13.8 Å². The number of piperidine rings is 1. The zero-order valence-corrected chi connectivity index (χ0v) is 13.0. The molecule has 1 aromatic rings. The van der Waals surface area contributed by atoms with Gasteiger partial charge in [-0.25, -0.2) is 4.79 Å². The van der Waals surface area contributed by atoms with Crippen LogP contribution in [0.3, 0.4) is 0 Å². The molecule has 1 aliphatic rings. The van der Waals surface area contributed by atoms with E-state index in [9.17, 15) is 4.79 Å². The number of amides is 1. The summed E-state index contributed by atoms with van der Waals surface area (Å²) >= 11 is 0. The molecule has 0 atom stereocenters. The van der Waals surface area contributed by atoms with Crippen LogP contribution < -0.4 is 5.73 Å². The van der Waals surface area contributed by atoms with Crippen LogP contribution in [0.5, 0.6) is 0 Å². The smallest absolute Gasteiger partial charge is 0.410 e. The van der Waals surface area contributed by atoms with E-state index < -0.39 is 0 Å². The van der Waals surface area contributed by atoms with E-state index in [4.69, 9.17) is 10.5 Å². The molecule has 4 heteroatoms. The summed E-state index contributed by atoms with van der Waals surface area (Å²) in [7, 11) is 0. The van der Waals surface area contributed by atoms with Crippen molar-refractivity contribution < 1.29 is 9.53 Å². The Bertz CT molecular complexity index is 451. The minimum Gasteiger partial charge on any atom is -0.445 e. The monoisotopic (exact) mass is 290 g/mol. The Morgan fingerprint density at radius 1 is 1.29 bits per heavy atom. The third-order valence-electron chi connectivity index (χ3n) is 4.59. The third-order valence-corrected chi connectivity index (χ3v) is 4.59. The molecular formula is C17H26N2O2. The first-order valence-corrected chi connectivity index (χ1v) is 7.68. The van der Waals surface area contributed by atoms with Gasteiger partial charge >= 0.3 is 6.09 Å². The highest BCUT2D eigenvalue weighted by molar-refractivity contribution is 5.67. The molecule has 0 aliphatic carbocycles. The number of rotatable bonds is 4.